The van der Waals surface area contributed by atoms with Gasteiger partial charge in [-0.1, -0.05) is 50.3 Å². The van der Waals surface area contributed by atoms with Crippen LogP contribution in [0.15, 0.2) is 5.16 Å². The highest BCUT2D eigenvalue weighted by molar-refractivity contribution is 7.99. The third-order valence-corrected chi connectivity index (χ3v) is 6.35. The molecule has 0 spiro atoms. The maximum Gasteiger partial charge on any atom is 0.231 e. The van der Waals surface area contributed by atoms with Gasteiger partial charge >= 0.3 is 0 Å². The second-order valence-corrected chi connectivity index (χ2v) is 8.23. The number of amides is 1. The van der Waals surface area contributed by atoms with Gasteiger partial charge in [0.25, 0.3) is 0 Å². The van der Waals surface area contributed by atoms with Crippen LogP contribution in [0.2, 0.25) is 0 Å². The molecule has 0 bridgehead atoms. The number of nitriles is 1. The zero-order valence-electron chi connectivity index (χ0n) is 15.0. The van der Waals surface area contributed by atoms with E-state index in [0.717, 1.165) is 55.9 Å². The number of carbonyl (C=O) groups excluding carboxylic acids is 1. The highest BCUT2D eigenvalue weighted by atomic mass is 32.2. The summed E-state index contributed by atoms with van der Waals surface area (Å²) in [6.45, 7) is 1.98. The zero-order valence-corrected chi connectivity index (χ0v) is 15.8. The summed E-state index contributed by atoms with van der Waals surface area (Å²) < 4.78 is 2.21. The average molecular weight is 362 g/mol. The van der Waals surface area contributed by atoms with E-state index in [9.17, 15) is 10.1 Å². The van der Waals surface area contributed by atoms with Crippen molar-refractivity contribution in [1.29, 1.82) is 5.26 Å². The number of thioether (sulfide) groups is 1. The molecule has 2 fully saturated rings. The van der Waals surface area contributed by atoms with Crippen molar-refractivity contribution in [3.05, 3.63) is 5.82 Å². The van der Waals surface area contributed by atoms with Crippen LogP contribution in [0.3, 0.4) is 0 Å². The van der Waals surface area contributed by atoms with Gasteiger partial charge in [0.2, 0.25) is 5.91 Å². The first-order chi connectivity index (χ1) is 12.1. The molecule has 1 heterocycles. The number of hydrogen-bond acceptors (Lipinski definition) is 5. The molecule has 0 aliphatic heterocycles. The summed E-state index contributed by atoms with van der Waals surface area (Å²) in [4.78, 5) is 12.4. The van der Waals surface area contributed by atoms with Crippen LogP contribution in [-0.2, 0) is 4.79 Å². The highest BCUT2D eigenvalue weighted by Gasteiger charge is 2.33. The quantitative estimate of drug-likeness (QED) is 0.811. The van der Waals surface area contributed by atoms with Crippen LogP contribution in [0.25, 0.3) is 0 Å². The van der Waals surface area contributed by atoms with E-state index >= 15 is 0 Å². The topological polar surface area (TPSA) is 83.6 Å². The summed E-state index contributed by atoms with van der Waals surface area (Å²) in [6.07, 6.45) is 10.8. The van der Waals surface area contributed by atoms with Crippen LogP contribution < -0.4 is 5.32 Å². The van der Waals surface area contributed by atoms with E-state index in [2.05, 4.69) is 26.2 Å². The third kappa shape index (κ3) is 4.35. The standard InChI is InChI=1S/C18H27N5OS/c1-14-21-22-17(23(14)15-8-4-2-5-9-15)25-12-16(24)20-18(13-19)10-6-3-7-11-18/h15H,2-12H2,1H3,(H,20,24). The number of nitrogens with zero attached hydrogens (tertiary/aromatic N) is 4. The molecule has 0 atom stereocenters. The normalized spacial score (nSPS) is 20.8. The monoisotopic (exact) mass is 361 g/mol. The van der Waals surface area contributed by atoms with Crippen molar-refractivity contribution < 1.29 is 4.79 Å². The van der Waals surface area contributed by atoms with Crippen molar-refractivity contribution in [3.8, 4) is 6.07 Å². The molecule has 3 rings (SSSR count). The van der Waals surface area contributed by atoms with Crippen molar-refractivity contribution in [2.24, 2.45) is 0 Å². The molecule has 1 amide bonds. The molecule has 1 N–H and O–H groups in total. The lowest BCUT2D eigenvalue weighted by Crippen LogP contribution is -2.49. The highest BCUT2D eigenvalue weighted by Crippen LogP contribution is 2.32. The first kappa shape index (κ1) is 18.2. The largest absolute Gasteiger partial charge is 0.337 e. The summed E-state index contributed by atoms with van der Waals surface area (Å²) in [5.74, 6) is 1.13. The SMILES string of the molecule is Cc1nnc(SCC(=O)NC2(C#N)CCCCC2)n1C1CCCCC1. The lowest BCUT2D eigenvalue weighted by Gasteiger charge is -2.31. The molecular weight excluding hydrogens is 334 g/mol. The minimum atomic E-state index is -0.664. The van der Waals surface area contributed by atoms with E-state index in [1.54, 1.807) is 0 Å². The Hall–Kier alpha value is -1.55. The molecule has 136 valence electrons. The van der Waals surface area contributed by atoms with Gasteiger partial charge in [0.1, 0.15) is 11.4 Å². The zero-order chi connectivity index (χ0) is 17.7. The molecule has 0 aromatic carbocycles. The molecule has 25 heavy (non-hydrogen) atoms. The Balaban J connectivity index is 1.60. The Bertz CT molecular complexity index is 638. The first-order valence-corrected chi connectivity index (χ1v) is 10.4. The summed E-state index contributed by atoms with van der Waals surface area (Å²) in [6, 6.07) is 2.80. The molecule has 1 aromatic rings. The number of hydrogen-bond donors (Lipinski definition) is 1. The molecule has 2 saturated carbocycles. The molecule has 0 unspecified atom stereocenters. The molecule has 6 nitrogen and oxygen atoms in total. The van der Waals surface area contributed by atoms with Crippen LogP contribution in [0, 0.1) is 18.3 Å². The summed E-state index contributed by atoms with van der Waals surface area (Å²) >= 11 is 1.44. The molecule has 0 radical (unpaired) electrons. The predicted molar refractivity (Wildman–Crippen MR) is 97.2 cm³/mol. The predicted octanol–water partition coefficient (Wildman–Crippen LogP) is 3.53. The number of aromatic nitrogens is 3. The Labute approximate surface area is 153 Å². The van der Waals surface area contributed by atoms with Crippen LogP contribution in [-0.4, -0.2) is 32.0 Å². The Kier molecular flexibility index (Phi) is 6.00. The van der Waals surface area contributed by atoms with E-state index in [-0.39, 0.29) is 11.7 Å². The molecule has 0 saturated heterocycles. The summed E-state index contributed by atoms with van der Waals surface area (Å²) in [5, 5.41) is 21.8. The van der Waals surface area contributed by atoms with Crippen molar-refractivity contribution in [2.45, 2.75) is 87.9 Å². The Morgan fingerprint density at radius 3 is 2.60 bits per heavy atom. The Morgan fingerprint density at radius 1 is 1.24 bits per heavy atom. The minimum absolute atomic E-state index is 0.0794. The second-order valence-electron chi connectivity index (χ2n) is 7.28. The third-order valence-electron chi connectivity index (χ3n) is 5.41. The van der Waals surface area contributed by atoms with E-state index in [4.69, 9.17) is 0 Å². The van der Waals surface area contributed by atoms with Gasteiger partial charge in [0.15, 0.2) is 5.16 Å². The van der Waals surface area contributed by atoms with Crippen LogP contribution in [0.1, 0.15) is 76.1 Å². The minimum Gasteiger partial charge on any atom is -0.337 e. The number of rotatable bonds is 5. The van der Waals surface area contributed by atoms with E-state index in [1.165, 1.54) is 31.0 Å². The van der Waals surface area contributed by atoms with Gasteiger partial charge < -0.3 is 9.88 Å². The molecule has 2 aliphatic carbocycles. The van der Waals surface area contributed by atoms with Gasteiger partial charge in [-0.2, -0.15) is 5.26 Å². The van der Waals surface area contributed by atoms with Crippen molar-refractivity contribution >= 4 is 17.7 Å². The van der Waals surface area contributed by atoms with Crippen molar-refractivity contribution in [2.75, 3.05) is 5.75 Å². The fourth-order valence-electron chi connectivity index (χ4n) is 4.06. The van der Waals surface area contributed by atoms with Crippen LogP contribution in [0.5, 0.6) is 0 Å². The maximum atomic E-state index is 12.4. The molecule has 7 heteroatoms. The average Bonchev–Trinajstić information content (AvgIpc) is 3.02. The number of aryl methyl sites for hydroxylation is 1. The second kappa shape index (κ2) is 8.22. The fourth-order valence-corrected chi connectivity index (χ4v) is 4.91. The van der Waals surface area contributed by atoms with Gasteiger partial charge in [0.05, 0.1) is 11.8 Å². The summed E-state index contributed by atoms with van der Waals surface area (Å²) in [7, 11) is 0. The van der Waals surface area contributed by atoms with Crippen LogP contribution in [0.4, 0.5) is 0 Å². The molecule has 2 aliphatic rings. The first-order valence-electron chi connectivity index (χ1n) is 9.40. The lowest BCUT2D eigenvalue weighted by atomic mass is 9.83. The summed E-state index contributed by atoms with van der Waals surface area (Å²) in [5.41, 5.74) is -0.664. The smallest absolute Gasteiger partial charge is 0.231 e. The van der Waals surface area contributed by atoms with E-state index in [0.29, 0.717) is 6.04 Å². The van der Waals surface area contributed by atoms with Crippen molar-refractivity contribution in [1.82, 2.24) is 20.1 Å². The number of carbonyl (C=O) groups is 1. The van der Waals surface area contributed by atoms with E-state index in [1.807, 2.05) is 6.92 Å². The van der Waals surface area contributed by atoms with E-state index < -0.39 is 5.54 Å². The van der Waals surface area contributed by atoms with Gasteiger partial charge in [-0.25, -0.2) is 0 Å². The fraction of sp³-hybridized carbons (Fsp3) is 0.778. The molecule has 1 aromatic heterocycles. The van der Waals surface area contributed by atoms with Gasteiger partial charge in [-0.3, -0.25) is 4.79 Å². The van der Waals surface area contributed by atoms with Gasteiger partial charge in [0, 0.05) is 6.04 Å². The van der Waals surface area contributed by atoms with Gasteiger partial charge in [-0.05, 0) is 32.6 Å². The van der Waals surface area contributed by atoms with Gasteiger partial charge in [-0.15, -0.1) is 10.2 Å². The van der Waals surface area contributed by atoms with Crippen molar-refractivity contribution in [3.63, 3.8) is 0 Å². The lowest BCUT2D eigenvalue weighted by molar-refractivity contribution is -0.120. The molecular formula is C18H27N5OS. The Morgan fingerprint density at radius 2 is 1.92 bits per heavy atom. The van der Waals surface area contributed by atoms with Crippen LogP contribution >= 0.6 is 11.8 Å². The number of nitrogens with one attached hydrogen (secondary N) is 1. The maximum absolute atomic E-state index is 12.4.